The molecule has 2 heterocycles. The lowest BCUT2D eigenvalue weighted by atomic mass is 9.83. The monoisotopic (exact) mass is 616 g/mol. The van der Waals surface area contributed by atoms with Gasteiger partial charge in [-0.1, -0.05) is 44.2 Å². The number of halogens is 3. The number of carbonyl (C=O) groups excluding carboxylic acids is 2. The van der Waals surface area contributed by atoms with Gasteiger partial charge in [-0.05, 0) is 62.9 Å². The lowest BCUT2D eigenvalue weighted by Gasteiger charge is -2.40. The number of benzene rings is 2. The van der Waals surface area contributed by atoms with E-state index in [0.717, 1.165) is 16.7 Å². The summed E-state index contributed by atoms with van der Waals surface area (Å²) in [4.78, 5) is 25.8. The predicted molar refractivity (Wildman–Crippen MR) is 164 cm³/mol. The molecule has 44 heavy (non-hydrogen) atoms. The molecule has 0 saturated carbocycles. The SMILES string of the molecule is CO[C@@H](C)c1ccccc1-c1c(CC(C)(C)COC(C)=O)c2cc(C3CN(C(=O)OC(C)(C)C)C3)ccc2n1CC(F)(F)F. The van der Waals surface area contributed by atoms with Crippen LogP contribution in [0.5, 0.6) is 0 Å². The second-order valence-corrected chi connectivity index (χ2v) is 13.5. The van der Waals surface area contributed by atoms with Gasteiger partial charge in [0.2, 0.25) is 0 Å². The van der Waals surface area contributed by atoms with E-state index in [1.54, 1.807) is 18.1 Å². The van der Waals surface area contributed by atoms with Gasteiger partial charge in [-0.15, -0.1) is 0 Å². The first-order valence-electron chi connectivity index (χ1n) is 14.8. The highest BCUT2D eigenvalue weighted by atomic mass is 19.4. The largest absolute Gasteiger partial charge is 0.465 e. The van der Waals surface area contributed by atoms with Crippen LogP contribution < -0.4 is 0 Å². The van der Waals surface area contributed by atoms with Crippen LogP contribution in [0.25, 0.3) is 22.2 Å². The van der Waals surface area contributed by atoms with Crippen molar-refractivity contribution in [1.29, 1.82) is 0 Å². The highest BCUT2D eigenvalue weighted by Gasteiger charge is 2.37. The highest BCUT2D eigenvalue weighted by molar-refractivity contribution is 5.93. The number of carbonyl (C=O) groups is 2. The van der Waals surface area contributed by atoms with Gasteiger partial charge >= 0.3 is 18.2 Å². The fourth-order valence-corrected chi connectivity index (χ4v) is 5.71. The van der Waals surface area contributed by atoms with Gasteiger partial charge in [0.05, 0.1) is 18.4 Å². The summed E-state index contributed by atoms with van der Waals surface area (Å²) in [7, 11) is 1.57. The summed E-state index contributed by atoms with van der Waals surface area (Å²) in [6.45, 7) is 12.4. The number of amides is 1. The average Bonchev–Trinajstić information content (AvgIpc) is 3.15. The Balaban J connectivity index is 1.89. The van der Waals surface area contributed by atoms with Gasteiger partial charge in [0.15, 0.2) is 0 Å². The Morgan fingerprint density at radius 1 is 1.02 bits per heavy atom. The number of hydrogen-bond acceptors (Lipinski definition) is 5. The molecule has 1 aromatic heterocycles. The fraction of sp³-hybridized carbons (Fsp3) is 0.529. The van der Waals surface area contributed by atoms with E-state index in [4.69, 9.17) is 14.2 Å². The molecule has 1 atom stereocenters. The Kier molecular flexibility index (Phi) is 9.45. The number of methoxy groups -OCH3 is 1. The zero-order chi connectivity index (χ0) is 32.6. The van der Waals surface area contributed by atoms with E-state index in [-0.39, 0.29) is 24.7 Å². The van der Waals surface area contributed by atoms with Crippen LogP contribution in [0.4, 0.5) is 18.0 Å². The zero-order valence-electron chi connectivity index (χ0n) is 26.8. The minimum Gasteiger partial charge on any atom is -0.465 e. The topological polar surface area (TPSA) is 70.0 Å². The molecular formula is C34H43F3N2O5. The van der Waals surface area contributed by atoms with Crippen LogP contribution in [-0.2, 0) is 32.0 Å². The van der Waals surface area contributed by atoms with Gasteiger partial charge < -0.3 is 23.7 Å². The van der Waals surface area contributed by atoms with Crippen molar-refractivity contribution in [2.24, 2.45) is 5.41 Å². The molecule has 0 N–H and O–H groups in total. The maximum Gasteiger partial charge on any atom is 0.410 e. The Labute approximate surface area is 257 Å². The summed E-state index contributed by atoms with van der Waals surface area (Å²) >= 11 is 0. The number of esters is 1. The maximum absolute atomic E-state index is 14.2. The first kappa shape index (κ1) is 33.4. The third-order valence-corrected chi connectivity index (χ3v) is 7.86. The Morgan fingerprint density at radius 3 is 2.27 bits per heavy atom. The lowest BCUT2D eigenvalue weighted by Crippen LogP contribution is -2.50. The highest BCUT2D eigenvalue weighted by Crippen LogP contribution is 2.43. The van der Waals surface area contributed by atoms with Gasteiger partial charge in [0.1, 0.15) is 12.1 Å². The lowest BCUT2D eigenvalue weighted by molar-refractivity contribution is -0.144. The van der Waals surface area contributed by atoms with E-state index in [2.05, 4.69) is 0 Å². The third kappa shape index (κ3) is 7.75. The first-order valence-corrected chi connectivity index (χ1v) is 14.8. The second-order valence-electron chi connectivity index (χ2n) is 13.5. The fourth-order valence-electron chi connectivity index (χ4n) is 5.71. The number of fused-ring (bicyclic) bond motifs is 1. The summed E-state index contributed by atoms with van der Waals surface area (Å²) in [6.07, 6.45) is -4.88. The van der Waals surface area contributed by atoms with E-state index >= 15 is 0 Å². The van der Waals surface area contributed by atoms with Crippen LogP contribution in [0.1, 0.15) is 77.2 Å². The summed E-state index contributed by atoms with van der Waals surface area (Å²) in [6, 6.07) is 12.9. The van der Waals surface area contributed by atoms with Crippen molar-refractivity contribution in [3.05, 3.63) is 59.2 Å². The summed E-state index contributed by atoms with van der Waals surface area (Å²) < 4.78 is 60.4. The predicted octanol–water partition coefficient (Wildman–Crippen LogP) is 8.04. The van der Waals surface area contributed by atoms with Gasteiger partial charge in [-0.25, -0.2) is 4.79 Å². The molecule has 0 bridgehead atoms. The van der Waals surface area contributed by atoms with Crippen LogP contribution in [-0.4, -0.2) is 60.1 Å². The van der Waals surface area contributed by atoms with Crippen molar-refractivity contribution in [2.75, 3.05) is 26.8 Å². The van der Waals surface area contributed by atoms with Crippen molar-refractivity contribution in [1.82, 2.24) is 9.47 Å². The summed E-state index contributed by atoms with van der Waals surface area (Å²) in [5, 5.41) is 0.702. The Morgan fingerprint density at radius 2 is 1.68 bits per heavy atom. The molecular weight excluding hydrogens is 573 g/mol. The van der Waals surface area contributed by atoms with E-state index in [1.165, 1.54) is 11.5 Å². The van der Waals surface area contributed by atoms with Crippen LogP contribution in [0.3, 0.4) is 0 Å². The number of rotatable bonds is 9. The van der Waals surface area contributed by atoms with Crippen molar-refractivity contribution in [3.63, 3.8) is 0 Å². The van der Waals surface area contributed by atoms with Gasteiger partial charge in [0, 0.05) is 54.9 Å². The quantitative estimate of drug-likeness (QED) is 0.228. The summed E-state index contributed by atoms with van der Waals surface area (Å²) in [5.74, 6) is -0.400. The van der Waals surface area contributed by atoms with Crippen LogP contribution in [0.15, 0.2) is 42.5 Å². The molecule has 1 aliphatic rings. The molecule has 0 spiro atoms. The van der Waals surface area contributed by atoms with Gasteiger partial charge in [0.25, 0.3) is 0 Å². The van der Waals surface area contributed by atoms with Gasteiger partial charge in [-0.2, -0.15) is 13.2 Å². The number of alkyl halides is 3. The molecule has 1 aliphatic heterocycles. The molecule has 7 nitrogen and oxygen atoms in total. The molecule has 0 unspecified atom stereocenters. The first-order chi connectivity index (χ1) is 20.4. The van der Waals surface area contributed by atoms with Crippen LogP contribution in [0, 0.1) is 5.41 Å². The molecule has 0 radical (unpaired) electrons. The second kappa shape index (κ2) is 12.5. The molecule has 4 rings (SSSR count). The van der Waals surface area contributed by atoms with Crippen molar-refractivity contribution >= 4 is 23.0 Å². The van der Waals surface area contributed by atoms with Crippen molar-refractivity contribution in [3.8, 4) is 11.3 Å². The third-order valence-electron chi connectivity index (χ3n) is 7.86. The normalized spacial score (nSPS) is 15.3. The smallest absolute Gasteiger partial charge is 0.410 e. The average molecular weight is 617 g/mol. The number of aromatic nitrogens is 1. The zero-order valence-corrected chi connectivity index (χ0v) is 26.8. The number of nitrogens with zero attached hydrogens (tertiary/aromatic N) is 2. The molecule has 10 heteroatoms. The van der Waals surface area contributed by atoms with Crippen molar-refractivity contribution in [2.45, 2.75) is 85.2 Å². The Bertz CT molecular complexity index is 1510. The summed E-state index contributed by atoms with van der Waals surface area (Å²) in [5.41, 5.74) is 2.83. The molecule has 1 amide bonds. The molecule has 240 valence electrons. The van der Waals surface area contributed by atoms with Crippen LogP contribution in [0.2, 0.25) is 0 Å². The standard InChI is InChI=1S/C34H43F3N2O5/c1-21(42-8)25-11-9-10-12-26(25)30-28(16-33(6,7)20-43-22(2)40)27-15-23(13-14-29(27)39(30)19-34(35,36)37)24-17-38(18-24)31(41)44-32(3,4)5/h9-15,21,24H,16-20H2,1-8H3/t21-/m0/s1. The van der Waals surface area contributed by atoms with Gasteiger partial charge in [-0.3, -0.25) is 4.79 Å². The molecule has 2 aromatic carbocycles. The molecule has 1 fully saturated rings. The molecule has 3 aromatic rings. The number of hydrogen-bond donors (Lipinski definition) is 0. The minimum absolute atomic E-state index is 0.0176. The van der Waals surface area contributed by atoms with Crippen LogP contribution >= 0.6 is 0 Å². The van der Waals surface area contributed by atoms with E-state index in [0.29, 0.717) is 41.7 Å². The van der Waals surface area contributed by atoms with E-state index in [9.17, 15) is 22.8 Å². The molecule has 1 saturated heterocycles. The van der Waals surface area contributed by atoms with E-state index < -0.39 is 29.7 Å². The number of likely N-dealkylation sites (tertiary alicyclic amines) is 1. The molecule has 0 aliphatic carbocycles. The Hall–Kier alpha value is -3.53. The maximum atomic E-state index is 14.2. The van der Waals surface area contributed by atoms with E-state index in [1.807, 2.05) is 77.9 Å². The minimum atomic E-state index is -4.48. The number of ether oxygens (including phenoxy) is 3. The van der Waals surface area contributed by atoms with Crippen molar-refractivity contribution < 1.29 is 37.0 Å².